The Morgan fingerprint density at radius 3 is 2.43 bits per heavy atom. The summed E-state index contributed by atoms with van der Waals surface area (Å²) in [5, 5.41) is 8.89. The molecule has 1 rings (SSSR count). The van der Waals surface area contributed by atoms with E-state index in [9.17, 15) is 8.42 Å². The summed E-state index contributed by atoms with van der Waals surface area (Å²) < 4.78 is 26.6. The molecule has 0 aliphatic rings. The Hall–Kier alpha value is -1.13. The van der Waals surface area contributed by atoms with Crippen LogP contribution in [0.25, 0.3) is 0 Å². The fraction of sp³-hybridized carbons (Fsp3) is 0.500. The van der Waals surface area contributed by atoms with E-state index in [4.69, 9.17) is 16.9 Å². The van der Waals surface area contributed by atoms with Crippen LogP contribution in [0.1, 0.15) is 18.9 Å². The molecular formula is C14H20ClN3O2S. The lowest BCUT2D eigenvalue weighted by molar-refractivity contribution is 0.356. The van der Waals surface area contributed by atoms with Crippen molar-refractivity contribution < 1.29 is 8.42 Å². The zero-order chi connectivity index (χ0) is 16.0. The highest BCUT2D eigenvalue weighted by Crippen LogP contribution is 2.25. The second-order valence-electron chi connectivity index (χ2n) is 4.91. The van der Waals surface area contributed by atoms with E-state index >= 15 is 0 Å². The Morgan fingerprint density at radius 2 is 1.95 bits per heavy atom. The maximum atomic E-state index is 12.6. The van der Waals surface area contributed by atoms with Crippen molar-refractivity contribution in [2.24, 2.45) is 0 Å². The lowest BCUT2D eigenvalue weighted by Crippen LogP contribution is -2.33. The third kappa shape index (κ3) is 4.68. The van der Waals surface area contributed by atoms with Gasteiger partial charge in [0, 0.05) is 13.1 Å². The van der Waals surface area contributed by atoms with Gasteiger partial charge in [0.1, 0.15) is 4.90 Å². The fourth-order valence-corrected chi connectivity index (χ4v) is 3.94. The van der Waals surface area contributed by atoms with Crippen LogP contribution in [0.4, 0.5) is 0 Å². The molecule has 1 aromatic rings. The van der Waals surface area contributed by atoms with Crippen LogP contribution < -0.4 is 0 Å². The molecule has 21 heavy (non-hydrogen) atoms. The van der Waals surface area contributed by atoms with Gasteiger partial charge in [-0.25, -0.2) is 8.42 Å². The van der Waals surface area contributed by atoms with Gasteiger partial charge in [0.2, 0.25) is 10.0 Å². The predicted octanol–water partition coefficient (Wildman–Crippen LogP) is 2.17. The molecular weight excluding hydrogens is 310 g/mol. The number of hydrogen-bond donors (Lipinski definition) is 0. The first-order valence-electron chi connectivity index (χ1n) is 6.67. The van der Waals surface area contributed by atoms with Crippen molar-refractivity contribution in [3.63, 3.8) is 0 Å². The normalized spacial score (nSPS) is 11.9. The Balaban J connectivity index is 2.99. The molecule has 0 saturated carbocycles. The zero-order valence-corrected chi connectivity index (χ0v) is 14.1. The minimum absolute atomic E-state index is 0.0508. The molecule has 0 spiro atoms. The monoisotopic (exact) mass is 329 g/mol. The molecule has 0 N–H and O–H groups in total. The highest BCUT2D eigenvalue weighted by atomic mass is 35.5. The van der Waals surface area contributed by atoms with E-state index in [1.807, 2.05) is 25.1 Å². The van der Waals surface area contributed by atoms with Gasteiger partial charge in [0.25, 0.3) is 0 Å². The van der Waals surface area contributed by atoms with Crippen LogP contribution >= 0.6 is 11.6 Å². The first kappa shape index (κ1) is 17.9. The van der Waals surface area contributed by atoms with Crippen molar-refractivity contribution in [1.29, 1.82) is 5.26 Å². The third-order valence-electron chi connectivity index (χ3n) is 3.04. The lowest BCUT2D eigenvalue weighted by Gasteiger charge is -2.22. The molecule has 0 saturated heterocycles. The minimum Gasteiger partial charge on any atom is -0.309 e. The van der Waals surface area contributed by atoms with E-state index in [1.165, 1.54) is 22.5 Å². The van der Waals surface area contributed by atoms with Crippen LogP contribution in [0.5, 0.6) is 0 Å². The minimum atomic E-state index is -3.63. The maximum absolute atomic E-state index is 12.6. The SMILES string of the molecule is CCN(CCCN(C)C)S(=O)(=O)c1ccc(C#N)cc1Cl. The standard InChI is InChI=1S/C14H20ClN3O2S/c1-4-18(9-5-8-17(2)3)21(19,20)14-7-6-12(11-16)10-13(14)15/h6-7,10H,4-5,8-9H2,1-3H3. The second kappa shape index (κ2) is 7.76. The van der Waals surface area contributed by atoms with Crippen LogP contribution in [-0.4, -0.2) is 51.4 Å². The van der Waals surface area contributed by atoms with Crippen molar-refractivity contribution in [2.75, 3.05) is 33.7 Å². The molecule has 0 amide bonds. The molecule has 7 heteroatoms. The lowest BCUT2D eigenvalue weighted by atomic mass is 10.2. The largest absolute Gasteiger partial charge is 0.309 e. The van der Waals surface area contributed by atoms with Crippen molar-refractivity contribution >= 4 is 21.6 Å². The van der Waals surface area contributed by atoms with E-state index < -0.39 is 10.0 Å². The molecule has 116 valence electrons. The highest BCUT2D eigenvalue weighted by Gasteiger charge is 2.25. The fourth-order valence-electron chi connectivity index (χ4n) is 1.93. The van der Waals surface area contributed by atoms with E-state index in [1.54, 1.807) is 6.92 Å². The summed E-state index contributed by atoms with van der Waals surface area (Å²) in [6.07, 6.45) is 0.744. The smallest absolute Gasteiger partial charge is 0.244 e. The maximum Gasteiger partial charge on any atom is 0.244 e. The Kier molecular flexibility index (Phi) is 6.62. The van der Waals surface area contributed by atoms with E-state index in [0.29, 0.717) is 18.7 Å². The summed E-state index contributed by atoms with van der Waals surface area (Å²) in [6, 6.07) is 6.17. The van der Waals surface area contributed by atoms with Gasteiger partial charge >= 0.3 is 0 Å². The van der Waals surface area contributed by atoms with Gasteiger partial charge in [-0.3, -0.25) is 0 Å². The molecule has 0 aliphatic heterocycles. The average molecular weight is 330 g/mol. The second-order valence-corrected chi connectivity index (χ2v) is 7.22. The van der Waals surface area contributed by atoms with Gasteiger partial charge in [-0.15, -0.1) is 0 Å². The number of benzene rings is 1. The summed E-state index contributed by atoms with van der Waals surface area (Å²) in [5.41, 5.74) is 0.342. The summed E-state index contributed by atoms with van der Waals surface area (Å²) in [7, 11) is 0.262. The quantitative estimate of drug-likeness (QED) is 0.769. The van der Waals surface area contributed by atoms with Crippen LogP contribution in [0, 0.1) is 11.3 Å². The number of hydrogen-bond acceptors (Lipinski definition) is 4. The van der Waals surface area contributed by atoms with E-state index in [-0.39, 0.29) is 9.92 Å². The van der Waals surface area contributed by atoms with Crippen molar-refractivity contribution in [1.82, 2.24) is 9.21 Å². The molecule has 5 nitrogen and oxygen atoms in total. The van der Waals surface area contributed by atoms with Gasteiger partial charge in [-0.1, -0.05) is 18.5 Å². The topological polar surface area (TPSA) is 64.4 Å². The number of rotatable bonds is 7. The van der Waals surface area contributed by atoms with Gasteiger partial charge in [0.05, 0.1) is 16.7 Å². The summed E-state index contributed by atoms with van der Waals surface area (Å²) in [5.74, 6) is 0. The highest BCUT2D eigenvalue weighted by molar-refractivity contribution is 7.89. The van der Waals surface area contributed by atoms with Gasteiger partial charge in [-0.2, -0.15) is 9.57 Å². The van der Waals surface area contributed by atoms with Gasteiger partial charge in [0.15, 0.2) is 0 Å². The van der Waals surface area contributed by atoms with Gasteiger partial charge in [-0.05, 0) is 45.3 Å². The summed E-state index contributed by atoms with van der Waals surface area (Å²) in [4.78, 5) is 2.06. The summed E-state index contributed by atoms with van der Waals surface area (Å²) >= 11 is 6.01. The molecule has 0 bridgehead atoms. The first-order valence-corrected chi connectivity index (χ1v) is 8.49. The molecule has 0 unspecified atom stereocenters. The van der Waals surface area contributed by atoms with Crippen LogP contribution in [0.15, 0.2) is 23.1 Å². The molecule has 0 aromatic heterocycles. The van der Waals surface area contributed by atoms with Crippen molar-refractivity contribution in [2.45, 2.75) is 18.2 Å². The number of nitriles is 1. The Bertz CT molecular complexity index is 624. The average Bonchev–Trinajstić information content (AvgIpc) is 2.42. The molecule has 0 radical (unpaired) electrons. The van der Waals surface area contributed by atoms with Crippen LogP contribution in [0.2, 0.25) is 5.02 Å². The zero-order valence-electron chi connectivity index (χ0n) is 12.5. The molecule has 0 aliphatic carbocycles. The molecule has 0 fully saturated rings. The number of halogens is 1. The Labute approximate surface area is 131 Å². The Morgan fingerprint density at radius 1 is 1.29 bits per heavy atom. The third-order valence-corrected chi connectivity index (χ3v) is 5.50. The number of nitrogens with zero attached hydrogens (tertiary/aromatic N) is 3. The van der Waals surface area contributed by atoms with E-state index in [2.05, 4.69) is 0 Å². The van der Waals surface area contributed by atoms with Crippen molar-refractivity contribution in [3.05, 3.63) is 28.8 Å². The summed E-state index contributed by atoms with van der Waals surface area (Å²) in [6.45, 7) is 3.43. The first-order chi connectivity index (χ1) is 9.82. The van der Waals surface area contributed by atoms with Crippen LogP contribution in [0.3, 0.4) is 0 Å². The van der Waals surface area contributed by atoms with E-state index in [0.717, 1.165) is 13.0 Å². The van der Waals surface area contributed by atoms with Crippen molar-refractivity contribution in [3.8, 4) is 6.07 Å². The number of sulfonamides is 1. The predicted molar refractivity (Wildman–Crippen MR) is 83.8 cm³/mol. The van der Waals surface area contributed by atoms with Gasteiger partial charge < -0.3 is 4.90 Å². The molecule has 1 aromatic carbocycles. The molecule has 0 heterocycles. The molecule has 0 atom stereocenters. The van der Waals surface area contributed by atoms with Crippen LogP contribution in [-0.2, 0) is 10.0 Å².